The molecule has 0 atom stereocenters. The quantitative estimate of drug-likeness (QED) is 0.682. The van der Waals surface area contributed by atoms with Crippen molar-refractivity contribution in [2.75, 3.05) is 11.9 Å². The minimum atomic E-state index is -0.338. The molecule has 0 saturated carbocycles. The first-order valence-corrected chi connectivity index (χ1v) is 7.89. The third kappa shape index (κ3) is 2.99. The third-order valence-electron chi connectivity index (χ3n) is 4.01. The highest BCUT2D eigenvalue weighted by molar-refractivity contribution is 6.03. The number of fused-ring (bicyclic) bond motifs is 1. The van der Waals surface area contributed by atoms with Gasteiger partial charge in [-0.25, -0.2) is 4.98 Å². The first-order valence-electron chi connectivity index (χ1n) is 7.89. The molecule has 0 bridgehead atoms. The number of rotatable bonds is 3. The molecule has 25 heavy (non-hydrogen) atoms. The fourth-order valence-electron chi connectivity index (χ4n) is 2.79. The molecule has 3 aromatic heterocycles. The summed E-state index contributed by atoms with van der Waals surface area (Å²) in [4.78, 5) is 35.7. The number of pyridine rings is 2. The van der Waals surface area contributed by atoms with Crippen LogP contribution in [-0.2, 0) is 6.42 Å². The van der Waals surface area contributed by atoms with E-state index in [9.17, 15) is 9.59 Å². The number of aromatic nitrogens is 3. The molecule has 3 aromatic rings. The molecule has 1 aliphatic rings. The van der Waals surface area contributed by atoms with Gasteiger partial charge in [0.15, 0.2) is 0 Å². The Morgan fingerprint density at radius 1 is 1.12 bits per heavy atom. The minimum Gasteiger partial charge on any atom is -0.358 e. The highest BCUT2D eigenvalue weighted by Crippen LogP contribution is 2.24. The van der Waals surface area contributed by atoms with Gasteiger partial charge in [-0.05, 0) is 30.3 Å². The lowest BCUT2D eigenvalue weighted by atomic mass is 10.1. The van der Waals surface area contributed by atoms with Crippen LogP contribution in [0.1, 0.15) is 26.5 Å². The highest BCUT2D eigenvalue weighted by Gasteiger charge is 2.20. The van der Waals surface area contributed by atoms with E-state index in [0.29, 0.717) is 17.9 Å². The molecule has 0 fully saturated rings. The van der Waals surface area contributed by atoms with Gasteiger partial charge in [0.05, 0.1) is 5.56 Å². The molecule has 4 heterocycles. The number of carbonyl (C=O) groups excluding carboxylic acids is 2. The fraction of sp³-hybridized carbons (Fsp3) is 0.111. The monoisotopic (exact) mass is 333 g/mol. The van der Waals surface area contributed by atoms with Crippen LogP contribution in [0.3, 0.4) is 0 Å². The summed E-state index contributed by atoms with van der Waals surface area (Å²) < 4.78 is 0. The van der Waals surface area contributed by atoms with Crippen LogP contribution in [0.25, 0.3) is 11.3 Å². The molecular weight excluding hydrogens is 318 g/mol. The van der Waals surface area contributed by atoms with Gasteiger partial charge in [0.2, 0.25) is 0 Å². The van der Waals surface area contributed by atoms with Crippen LogP contribution < -0.4 is 10.6 Å². The molecule has 7 nitrogen and oxygen atoms in total. The average molecular weight is 333 g/mol. The average Bonchev–Trinajstić information content (AvgIpc) is 3.08. The Hall–Kier alpha value is -3.48. The predicted octanol–water partition coefficient (Wildman–Crippen LogP) is 2.01. The highest BCUT2D eigenvalue weighted by atomic mass is 16.2. The molecule has 7 heteroatoms. The molecule has 124 valence electrons. The van der Waals surface area contributed by atoms with Gasteiger partial charge in [-0.15, -0.1) is 0 Å². The van der Waals surface area contributed by atoms with E-state index in [4.69, 9.17) is 0 Å². The molecule has 0 saturated heterocycles. The number of hydrogen-bond acceptors (Lipinski definition) is 4. The lowest BCUT2D eigenvalue weighted by Gasteiger charge is -2.10. The van der Waals surface area contributed by atoms with E-state index in [1.807, 2.05) is 0 Å². The van der Waals surface area contributed by atoms with Crippen molar-refractivity contribution in [2.45, 2.75) is 6.42 Å². The Kier molecular flexibility index (Phi) is 3.74. The molecule has 0 aliphatic carbocycles. The SMILES string of the molecule is O=C(Nc1ccccn1)c1cc(-c2cc3c([nH]2)CCNC3=O)ccn1. The zero-order valence-corrected chi connectivity index (χ0v) is 13.2. The zero-order valence-electron chi connectivity index (χ0n) is 13.2. The van der Waals surface area contributed by atoms with Crippen molar-refractivity contribution in [1.82, 2.24) is 20.3 Å². The molecular formula is C18H15N5O2. The number of nitrogens with zero attached hydrogens (tertiary/aromatic N) is 2. The van der Waals surface area contributed by atoms with Gasteiger partial charge in [-0.3, -0.25) is 14.6 Å². The molecule has 0 radical (unpaired) electrons. The number of nitrogens with one attached hydrogen (secondary N) is 3. The Bertz CT molecular complexity index is 949. The number of anilines is 1. The molecule has 0 spiro atoms. The summed E-state index contributed by atoms with van der Waals surface area (Å²) in [5.41, 5.74) is 3.42. The number of carbonyl (C=O) groups is 2. The van der Waals surface area contributed by atoms with Crippen LogP contribution in [0.4, 0.5) is 5.82 Å². The van der Waals surface area contributed by atoms with Crippen molar-refractivity contribution in [3.63, 3.8) is 0 Å². The normalized spacial score (nSPS) is 13.0. The van der Waals surface area contributed by atoms with Gasteiger partial charge in [0.1, 0.15) is 11.5 Å². The summed E-state index contributed by atoms with van der Waals surface area (Å²) >= 11 is 0. The Labute approximate surface area is 143 Å². The van der Waals surface area contributed by atoms with Crippen LogP contribution in [0, 0.1) is 0 Å². The Balaban J connectivity index is 1.61. The second kappa shape index (κ2) is 6.20. The van der Waals surface area contributed by atoms with Gasteiger partial charge >= 0.3 is 0 Å². The minimum absolute atomic E-state index is 0.0778. The van der Waals surface area contributed by atoms with E-state index >= 15 is 0 Å². The van der Waals surface area contributed by atoms with Crippen LogP contribution in [0.15, 0.2) is 48.8 Å². The van der Waals surface area contributed by atoms with E-state index in [1.165, 1.54) is 0 Å². The summed E-state index contributed by atoms with van der Waals surface area (Å²) in [5, 5.41) is 5.52. The summed E-state index contributed by atoms with van der Waals surface area (Å²) in [6, 6.07) is 10.6. The number of H-pyrrole nitrogens is 1. The van der Waals surface area contributed by atoms with Crippen molar-refractivity contribution < 1.29 is 9.59 Å². The maximum Gasteiger partial charge on any atom is 0.275 e. The van der Waals surface area contributed by atoms with Crippen molar-refractivity contribution in [1.29, 1.82) is 0 Å². The largest absolute Gasteiger partial charge is 0.358 e. The van der Waals surface area contributed by atoms with Crippen molar-refractivity contribution in [3.8, 4) is 11.3 Å². The van der Waals surface area contributed by atoms with E-state index < -0.39 is 0 Å². The lowest BCUT2D eigenvalue weighted by molar-refractivity contribution is 0.0945. The summed E-state index contributed by atoms with van der Waals surface area (Å²) in [6.45, 7) is 0.625. The smallest absolute Gasteiger partial charge is 0.275 e. The van der Waals surface area contributed by atoms with Gasteiger partial charge in [0.25, 0.3) is 11.8 Å². The van der Waals surface area contributed by atoms with Gasteiger partial charge < -0.3 is 15.6 Å². The standard InChI is InChI=1S/C18H15N5O2/c24-17-12-10-14(22-13(12)5-8-21-17)11-4-7-19-15(9-11)18(25)23-16-3-1-2-6-20-16/h1-4,6-7,9-10,22H,5,8H2,(H,21,24)(H,20,23,25). The van der Waals surface area contributed by atoms with E-state index in [0.717, 1.165) is 23.4 Å². The lowest BCUT2D eigenvalue weighted by Crippen LogP contribution is -2.31. The van der Waals surface area contributed by atoms with Crippen LogP contribution in [0.5, 0.6) is 0 Å². The van der Waals surface area contributed by atoms with Gasteiger partial charge in [-0.1, -0.05) is 6.07 Å². The first-order chi connectivity index (χ1) is 12.2. The molecule has 3 N–H and O–H groups in total. The van der Waals surface area contributed by atoms with Gasteiger partial charge in [-0.2, -0.15) is 0 Å². The number of hydrogen-bond donors (Lipinski definition) is 3. The molecule has 2 amide bonds. The fourth-order valence-corrected chi connectivity index (χ4v) is 2.79. The van der Waals surface area contributed by atoms with E-state index in [1.54, 1.807) is 48.8 Å². The van der Waals surface area contributed by atoms with Crippen LogP contribution in [0.2, 0.25) is 0 Å². The maximum atomic E-state index is 12.4. The summed E-state index contributed by atoms with van der Waals surface area (Å²) in [5.74, 6) is 0.0484. The van der Waals surface area contributed by atoms with E-state index in [2.05, 4.69) is 25.6 Å². The Morgan fingerprint density at radius 3 is 2.84 bits per heavy atom. The zero-order chi connectivity index (χ0) is 17.2. The molecule has 0 aromatic carbocycles. The maximum absolute atomic E-state index is 12.4. The number of aromatic amines is 1. The van der Waals surface area contributed by atoms with Gasteiger partial charge in [0, 0.05) is 42.3 Å². The first kappa shape index (κ1) is 15.1. The van der Waals surface area contributed by atoms with Crippen LogP contribution in [-0.4, -0.2) is 33.3 Å². The second-order valence-corrected chi connectivity index (χ2v) is 5.68. The predicted molar refractivity (Wildman–Crippen MR) is 92.3 cm³/mol. The van der Waals surface area contributed by atoms with Crippen molar-refractivity contribution in [2.24, 2.45) is 0 Å². The molecule has 1 aliphatic heterocycles. The van der Waals surface area contributed by atoms with Crippen molar-refractivity contribution in [3.05, 3.63) is 65.7 Å². The van der Waals surface area contributed by atoms with Crippen molar-refractivity contribution >= 4 is 17.6 Å². The summed E-state index contributed by atoms with van der Waals surface area (Å²) in [7, 11) is 0. The molecule has 0 unspecified atom stereocenters. The third-order valence-corrected chi connectivity index (χ3v) is 4.01. The topological polar surface area (TPSA) is 99.8 Å². The van der Waals surface area contributed by atoms with E-state index in [-0.39, 0.29) is 17.5 Å². The molecule has 4 rings (SSSR count). The van der Waals surface area contributed by atoms with Crippen LogP contribution >= 0.6 is 0 Å². The Morgan fingerprint density at radius 2 is 2.04 bits per heavy atom. The summed E-state index contributed by atoms with van der Waals surface area (Å²) in [6.07, 6.45) is 3.94. The second-order valence-electron chi connectivity index (χ2n) is 5.68. The number of amides is 2.